The van der Waals surface area contributed by atoms with E-state index in [2.05, 4.69) is 0 Å². The van der Waals surface area contributed by atoms with Crippen molar-refractivity contribution in [2.45, 2.75) is 12.8 Å². The highest BCUT2D eigenvalue weighted by molar-refractivity contribution is 6.17. The molecule has 0 amide bonds. The summed E-state index contributed by atoms with van der Waals surface area (Å²) >= 11 is 5.68. The predicted octanol–water partition coefficient (Wildman–Crippen LogP) is 4.64. The first-order valence-electron chi connectivity index (χ1n) is 5.76. The molecule has 0 atom stereocenters. The monoisotopic (exact) mass is 263 g/mol. The van der Waals surface area contributed by atoms with Gasteiger partial charge in [0, 0.05) is 18.6 Å². The van der Waals surface area contributed by atoms with Crippen LogP contribution in [0.3, 0.4) is 0 Å². The van der Waals surface area contributed by atoms with E-state index >= 15 is 0 Å². The number of nitrogens with zero attached hydrogens (tertiary/aromatic N) is 1. The first-order chi connectivity index (χ1) is 8.61. The fourth-order valence-corrected chi connectivity index (χ4v) is 1.98. The van der Waals surface area contributed by atoms with E-state index < -0.39 is 0 Å². The fraction of sp³-hybridized carbons (Fsp3) is 0.200. The van der Waals surface area contributed by atoms with Crippen LogP contribution in [0.1, 0.15) is 11.1 Å². The molecule has 0 radical (unpaired) electrons. The molecule has 0 aromatic heterocycles. The van der Waals surface area contributed by atoms with E-state index in [1.165, 1.54) is 11.6 Å². The maximum atomic E-state index is 14.0. The number of rotatable bonds is 3. The largest absolute Gasteiger partial charge is 0.342 e. The molecule has 2 aromatic carbocycles. The lowest BCUT2D eigenvalue weighted by Crippen LogP contribution is -2.11. The van der Waals surface area contributed by atoms with Gasteiger partial charge in [-0.1, -0.05) is 23.8 Å². The number of anilines is 2. The summed E-state index contributed by atoms with van der Waals surface area (Å²) in [5, 5.41) is 0. The molecule has 0 saturated heterocycles. The molecule has 3 heteroatoms. The Morgan fingerprint density at radius 1 is 1.11 bits per heavy atom. The van der Waals surface area contributed by atoms with E-state index in [1.807, 2.05) is 49.2 Å². The lowest BCUT2D eigenvalue weighted by molar-refractivity contribution is 0.626. The molecule has 94 valence electrons. The van der Waals surface area contributed by atoms with Crippen LogP contribution in [-0.4, -0.2) is 7.05 Å². The Hall–Kier alpha value is -1.54. The van der Waals surface area contributed by atoms with Crippen molar-refractivity contribution in [1.82, 2.24) is 0 Å². The van der Waals surface area contributed by atoms with Gasteiger partial charge in [0.25, 0.3) is 0 Å². The summed E-state index contributed by atoms with van der Waals surface area (Å²) in [4.78, 5) is 1.83. The molecule has 0 saturated carbocycles. The molecule has 0 bridgehead atoms. The number of alkyl halides is 1. The van der Waals surface area contributed by atoms with E-state index in [9.17, 15) is 4.39 Å². The minimum Gasteiger partial charge on any atom is -0.342 e. The van der Waals surface area contributed by atoms with E-state index in [-0.39, 0.29) is 5.82 Å². The SMILES string of the molecule is Cc1ccc(N(C)c2ccc(CCl)cc2F)cc1. The molecule has 0 aliphatic carbocycles. The summed E-state index contributed by atoms with van der Waals surface area (Å²) in [7, 11) is 1.85. The summed E-state index contributed by atoms with van der Waals surface area (Å²) in [6, 6.07) is 13.1. The Balaban J connectivity index is 2.33. The molecular weight excluding hydrogens is 249 g/mol. The molecule has 1 nitrogen and oxygen atoms in total. The van der Waals surface area contributed by atoms with Crippen LogP contribution in [0.5, 0.6) is 0 Å². The Bertz CT molecular complexity index is 537. The highest BCUT2D eigenvalue weighted by Crippen LogP contribution is 2.27. The smallest absolute Gasteiger partial charge is 0.147 e. The quantitative estimate of drug-likeness (QED) is 0.729. The Labute approximate surface area is 112 Å². The van der Waals surface area contributed by atoms with Gasteiger partial charge in [0.05, 0.1) is 5.69 Å². The third-order valence-electron chi connectivity index (χ3n) is 2.95. The minimum absolute atomic E-state index is 0.253. The van der Waals surface area contributed by atoms with E-state index in [1.54, 1.807) is 6.07 Å². The number of aryl methyl sites for hydroxylation is 1. The summed E-state index contributed by atoms with van der Waals surface area (Å²) < 4.78 is 14.0. The van der Waals surface area contributed by atoms with Crippen molar-refractivity contribution in [3.05, 3.63) is 59.4 Å². The number of benzene rings is 2. The average Bonchev–Trinajstić information content (AvgIpc) is 2.38. The minimum atomic E-state index is -0.253. The summed E-state index contributed by atoms with van der Waals surface area (Å²) in [5.74, 6) is 0.0714. The fourth-order valence-electron chi connectivity index (χ4n) is 1.81. The maximum absolute atomic E-state index is 14.0. The van der Waals surface area contributed by atoms with Crippen molar-refractivity contribution in [3.63, 3.8) is 0 Å². The van der Waals surface area contributed by atoms with Crippen molar-refractivity contribution < 1.29 is 4.39 Å². The lowest BCUT2D eigenvalue weighted by atomic mass is 10.1. The lowest BCUT2D eigenvalue weighted by Gasteiger charge is -2.20. The van der Waals surface area contributed by atoms with Crippen molar-refractivity contribution in [1.29, 1.82) is 0 Å². The second-order valence-corrected chi connectivity index (χ2v) is 4.58. The number of hydrogen-bond donors (Lipinski definition) is 0. The van der Waals surface area contributed by atoms with Gasteiger partial charge < -0.3 is 4.90 Å². The van der Waals surface area contributed by atoms with Crippen LogP contribution in [0, 0.1) is 12.7 Å². The van der Waals surface area contributed by atoms with Crippen molar-refractivity contribution >= 4 is 23.0 Å². The highest BCUT2D eigenvalue weighted by Gasteiger charge is 2.09. The van der Waals surface area contributed by atoms with E-state index in [4.69, 9.17) is 11.6 Å². The molecule has 0 unspecified atom stereocenters. The second kappa shape index (κ2) is 5.40. The first-order valence-corrected chi connectivity index (χ1v) is 6.30. The zero-order valence-corrected chi connectivity index (χ0v) is 11.2. The topological polar surface area (TPSA) is 3.24 Å². The van der Waals surface area contributed by atoms with Gasteiger partial charge in [0.15, 0.2) is 0 Å². The normalized spacial score (nSPS) is 10.4. The zero-order valence-electron chi connectivity index (χ0n) is 10.5. The molecule has 0 spiro atoms. The number of halogens is 2. The van der Waals surface area contributed by atoms with Crippen LogP contribution in [0.2, 0.25) is 0 Å². The molecule has 0 N–H and O–H groups in total. The van der Waals surface area contributed by atoms with Crippen molar-refractivity contribution in [3.8, 4) is 0 Å². The maximum Gasteiger partial charge on any atom is 0.147 e. The van der Waals surface area contributed by atoms with E-state index in [0.29, 0.717) is 11.6 Å². The predicted molar refractivity (Wildman–Crippen MR) is 75.2 cm³/mol. The molecule has 18 heavy (non-hydrogen) atoms. The van der Waals surface area contributed by atoms with Crippen LogP contribution in [0.15, 0.2) is 42.5 Å². The molecule has 2 aromatic rings. The summed E-state index contributed by atoms with van der Waals surface area (Å²) in [6.45, 7) is 2.03. The molecule has 0 aliphatic rings. The zero-order chi connectivity index (χ0) is 13.1. The molecule has 0 fully saturated rings. The highest BCUT2D eigenvalue weighted by atomic mass is 35.5. The Kier molecular flexibility index (Phi) is 3.87. The third kappa shape index (κ3) is 2.65. The van der Waals surface area contributed by atoms with Gasteiger partial charge in [0.2, 0.25) is 0 Å². The third-order valence-corrected chi connectivity index (χ3v) is 3.26. The number of hydrogen-bond acceptors (Lipinski definition) is 1. The molecule has 0 aliphatic heterocycles. The van der Waals surface area contributed by atoms with E-state index in [0.717, 1.165) is 11.3 Å². The molecular formula is C15H15ClFN. The Morgan fingerprint density at radius 2 is 1.78 bits per heavy atom. The van der Waals surface area contributed by atoms with Gasteiger partial charge in [-0.2, -0.15) is 0 Å². The second-order valence-electron chi connectivity index (χ2n) is 4.31. The van der Waals surface area contributed by atoms with Crippen molar-refractivity contribution in [2.24, 2.45) is 0 Å². The standard InChI is InChI=1S/C15H15ClFN/c1-11-3-6-13(7-4-11)18(2)15-8-5-12(10-16)9-14(15)17/h3-9H,10H2,1-2H3. The van der Waals surface area contributed by atoms with Crippen LogP contribution in [0.25, 0.3) is 0 Å². The van der Waals surface area contributed by atoms with Gasteiger partial charge in [0.1, 0.15) is 5.82 Å². The van der Waals surface area contributed by atoms with Crippen LogP contribution in [-0.2, 0) is 5.88 Å². The van der Waals surface area contributed by atoms with Gasteiger partial charge in [-0.05, 0) is 36.8 Å². The Morgan fingerprint density at radius 3 is 2.33 bits per heavy atom. The van der Waals surface area contributed by atoms with Crippen LogP contribution in [0.4, 0.5) is 15.8 Å². The van der Waals surface area contributed by atoms with Crippen molar-refractivity contribution in [2.75, 3.05) is 11.9 Å². The van der Waals surface area contributed by atoms with Crippen LogP contribution < -0.4 is 4.90 Å². The van der Waals surface area contributed by atoms with Gasteiger partial charge in [-0.15, -0.1) is 11.6 Å². The first kappa shape index (κ1) is 12.9. The molecule has 2 rings (SSSR count). The molecule has 0 heterocycles. The van der Waals surface area contributed by atoms with Gasteiger partial charge >= 0.3 is 0 Å². The van der Waals surface area contributed by atoms with Gasteiger partial charge in [-0.3, -0.25) is 0 Å². The van der Waals surface area contributed by atoms with Gasteiger partial charge in [-0.25, -0.2) is 4.39 Å². The summed E-state index contributed by atoms with van der Waals surface area (Å²) in [5.41, 5.74) is 3.48. The summed E-state index contributed by atoms with van der Waals surface area (Å²) in [6.07, 6.45) is 0. The average molecular weight is 264 g/mol. The van der Waals surface area contributed by atoms with Crippen LogP contribution >= 0.6 is 11.6 Å².